The van der Waals surface area contributed by atoms with Crippen molar-refractivity contribution in [3.63, 3.8) is 0 Å². The van der Waals surface area contributed by atoms with Gasteiger partial charge in [-0.1, -0.05) is 34.8 Å². The molecule has 0 radical (unpaired) electrons. The van der Waals surface area contributed by atoms with Gasteiger partial charge in [0.25, 0.3) is 5.56 Å². The number of halogens is 3. The topological polar surface area (TPSA) is 45.8 Å². The molecular weight excluding hydrogens is 287 g/mol. The minimum absolute atomic E-state index is 0.218. The Morgan fingerprint density at radius 3 is 2.64 bits per heavy atom. The molecule has 1 aromatic heterocycles. The molecule has 1 aromatic rings. The Balaban J connectivity index is 2.73. The second-order valence-corrected chi connectivity index (χ2v) is 7.59. The molecular formula is C6H5Cl3N2OS2. The number of aryl methyl sites for hydroxylation is 1. The average Bonchev–Trinajstić information content (AvgIpc) is 1.97. The molecule has 8 heteroatoms. The molecule has 0 aromatic carbocycles. The summed E-state index contributed by atoms with van der Waals surface area (Å²) in [5.74, 6) is 0. The third-order valence-corrected chi connectivity index (χ3v) is 4.68. The monoisotopic (exact) mass is 290 g/mol. The number of alkyl halides is 3. The highest BCUT2D eigenvalue weighted by atomic mass is 35.6. The molecule has 3 nitrogen and oxygen atoms in total. The van der Waals surface area contributed by atoms with Crippen molar-refractivity contribution in [3.8, 4) is 0 Å². The minimum atomic E-state index is -1.42. The first-order valence-electron chi connectivity index (χ1n) is 3.37. The van der Waals surface area contributed by atoms with Crippen molar-refractivity contribution in [2.24, 2.45) is 0 Å². The van der Waals surface area contributed by atoms with Gasteiger partial charge in [-0.3, -0.25) is 4.79 Å². The summed E-state index contributed by atoms with van der Waals surface area (Å²) in [6.45, 7) is 1.72. The van der Waals surface area contributed by atoms with E-state index in [0.717, 1.165) is 21.6 Å². The molecule has 0 saturated carbocycles. The average molecular weight is 292 g/mol. The number of rotatable bonds is 2. The van der Waals surface area contributed by atoms with E-state index in [2.05, 4.69) is 9.97 Å². The molecule has 0 aliphatic carbocycles. The van der Waals surface area contributed by atoms with Gasteiger partial charge in [0, 0.05) is 11.8 Å². The maximum Gasteiger partial charge on any atom is 0.251 e. The number of nitrogens with one attached hydrogen (secondary N) is 1. The van der Waals surface area contributed by atoms with Gasteiger partial charge in [0.05, 0.1) is 0 Å². The van der Waals surface area contributed by atoms with E-state index < -0.39 is 3.12 Å². The Morgan fingerprint density at radius 2 is 2.14 bits per heavy atom. The first kappa shape index (κ1) is 12.5. The lowest BCUT2D eigenvalue weighted by Gasteiger charge is -2.07. The normalized spacial score (nSPS) is 11.7. The molecule has 1 heterocycles. The zero-order valence-corrected chi connectivity index (χ0v) is 10.8. The molecule has 0 aliphatic heterocycles. The van der Waals surface area contributed by atoms with E-state index in [0.29, 0.717) is 10.9 Å². The molecule has 0 saturated heterocycles. The smallest absolute Gasteiger partial charge is 0.251 e. The van der Waals surface area contributed by atoms with Crippen LogP contribution in [0.15, 0.2) is 16.0 Å². The van der Waals surface area contributed by atoms with Crippen LogP contribution in [-0.4, -0.2) is 13.1 Å². The predicted molar refractivity (Wildman–Crippen MR) is 63.3 cm³/mol. The molecule has 0 amide bonds. The molecule has 0 atom stereocenters. The molecule has 1 rings (SSSR count). The SMILES string of the molecule is Cc1cc(=O)[nH]c(SSC(Cl)(Cl)Cl)n1. The maximum atomic E-state index is 11.0. The lowest BCUT2D eigenvalue weighted by molar-refractivity contribution is 0.910. The van der Waals surface area contributed by atoms with Crippen molar-refractivity contribution in [2.75, 3.05) is 0 Å². The molecule has 1 N–H and O–H groups in total. The quantitative estimate of drug-likeness (QED) is 0.516. The summed E-state index contributed by atoms with van der Waals surface area (Å²) < 4.78 is -1.42. The summed E-state index contributed by atoms with van der Waals surface area (Å²) in [6.07, 6.45) is 0. The van der Waals surface area contributed by atoms with Crippen LogP contribution in [0.3, 0.4) is 0 Å². The fourth-order valence-corrected chi connectivity index (χ4v) is 2.78. The highest BCUT2D eigenvalue weighted by Gasteiger charge is 2.21. The van der Waals surface area contributed by atoms with Gasteiger partial charge < -0.3 is 4.98 Å². The number of H-pyrrole nitrogens is 1. The Morgan fingerprint density at radius 1 is 1.50 bits per heavy atom. The van der Waals surface area contributed by atoms with Crippen LogP contribution in [0.2, 0.25) is 0 Å². The summed E-state index contributed by atoms with van der Waals surface area (Å²) in [5.41, 5.74) is 0.408. The molecule has 78 valence electrons. The standard InChI is InChI=1S/C6H5Cl3N2OS2/c1-3-2-4(12)11-5(10-3)13-14-6(7,8)9/h2H,1H3,(H,10,11,12). The van der Waals surface area contributed by atoms with Gasteiger partial charge in [0.1, 0.15) is 0 Å². The van der Waals surface area contributed by atoms with Gasteiger partial charge in [-0.15, -0.1) is 0 Å². The summed E-state index contributed by atoms with van der Waals surface area (Å²) in [4.78, 5) is 17.6. The molecule has 0 bridgehead atoms. The summed E-state index contributed by atoms with van der Waals surface area (Å²) in [6, 6.07) is 1.39. The number of nitrogens with zero attached hydrogens (tertiary/aromatic N) is 1. The molecule has 14 heavy (non-hydrogen) atoms. The molecule has 0 fully saturated rings. The van der Waals surface area contributed by atoms with Crippen LogP contribution in [0.5, 0.6) is 0 Å². The number of aromatic nitrogens is 2. The predicted octanol–water partition coefficient (Wildman–Crippen LogP) is 3.15. The van der Waals surface area contributed by atoms with Crippen LogP contribution in [-0.2, 0) is 0 Å². The van der Waals surface area contributed by atoms with Crippen molar-refractivity contribution in [2.45, 2.75) is 15.2 Å². The van der Waals surface area contributed by atoms with Crippen LogP contribution in [0, 0.1) is 6.92 Å². The second-order valence-electron chi connectivity index (χ2n) is 2.30. The van der Waals surface area contributed by atoms with Crippen LogP contribution in [0.25, 0.3) is 0 Å². The Bertz CT molecular complexity index is 376. The van der Waals surface area contributed by atoms with Crippen molar-refractivity contribution in [3.05, 3.63) is 22.1 Å². The van der Waals surface area contributed by atoms with Gasteiger partial charge in [-0.2, -0.15) is 0 Å². The van der Waals surface area contributed by atoms with Gasteiger partial charge in [0.15, 0.2) is 5.16 Å². The largest absolute Gasteiger partial charge is 0.301 e. The first-order valence-corrected chi connectivity index (χ1v) is 6.65. The van der Waals surface area contributed by atoms with Crippen LogP contribution < -0.4 is 5.56 Å². The van der Waals surface area contributed by atoms with Gasteiger partial charge in [0.2, 0.25) is 3.12 Å². The number of hydrogen-bond acceptors (Lipinski definition) is 4. The number of aromatic amines is 1. The van der Waals surface area contributed by atoms with Crippen LogP contribution in [0.1, 0.15) is 5.69 Å². The van der Waals surface area contributed by atoms with E-state index in [-0.39, 0.29) is 5.56 Å². The minimum Gasteiger partial charge on any atom is -0.301 e. The van der Waals surface area contributed by atoms with E-state index in [9.17, 15) is 4.79 Å². The lowest BCUT2D eigenvalue weighted by atomic mass is 10.5. The fraction of sp³-hybridized carbons (Fsp3) is 0.333. The van der Waals surface area contributed by atoms with Crippen molar-refractivity contribution in [1.29, 1.82) is 0 Å². The van der Waals surface area contributed by atoms with Crippen LogP contribution >= 0.6 is 56.4 Å². The Labute approximate surface area is 103 Å². The third kappa shape index (κ3) is 4.79. The highest BCUT2D eigenvalue weighted by molar-refractivity contribution is 8.78. The van der Waals surface area contributed by atoms with E-state index in [4.69, 9.17) is 34.8 Å². The zero-order valence-electron chi connectivity index (χ0n) is 6.88. The Hall–Kier alpha value is 0.450. The van der Waals surface area contributed by atoms with Gasteiger partial charge >= 0.3 is 0 Å². The Kier molecular flexibility index (Phi) is 4.46. The van der Waals surface area contributed by atoms with Crippen molar-refractivity contribution in [1.82, 2.24) is 9.97 Å². The first-order chi connectivity index (χ1) is 6.37. The summed E-state index contributed by atoms with van der Waals surface area (Å²) in [5, 5.41) is 0.423. The van der Waals surface area contributed by atoms with Crippen LogP contribution in [0.4, 0.5) is 0 Å². The van der Waals surface area contributed by atoms with E-state index >= 15 is 0 Å². The number of hydrogen-bond donors (Lipinski definition) is 1. The lowest BCUT2D eigenvalue weighted by Crippen LogP contribution is -2.07. The zero-order chi connectivity index (χ0) is 10.8. The van der Waals surface area contributed by atoms with E-state index in [1.54, 1.807) is 6.92 Å². The van der Waals surface area contributed by atoms with E-state index in [1.807, 2.05) is 0 Å². The maximum absolute atomic E-state index is 11.0. The summed E-state index contributed by atoms with van der Waals surface area (Å²) in [7, 11) is 2.09. The highest BCUT2D eigenvalue weighted by Crippen LogP contribution is 2.47. The van der Waals surface area contributed by atoms with Crippen molar-refractivity contribution < 1.29 is 0 Å². The second kappa shape index (κ2) is 4.99. The van der Waals surface area contributed by atoms with Gasteiger partial charge in [-0.05, 0) is 28.5 Å². The van der Waals surface area contributed by atoms with Crippen molar-refractivity contribution >= 4 is 56.4 Å². The summed E-state index contributed by atoms with van der Waals surface area (Å²) >= 11 is 16.5. The van der Waals surface area contributed by atoms with E-state index in [1.165, 1.54) is 6.07 Å². The molecule has 0 spiro atoms. The molecule has 0 aliphatic rings. The third-order valence-electron chi connectivity index (χ3n) is 1.06. The fourth-order valence-electron chi connectivity index (χ4n) is 0.678. The molecule has 0 unspecified atom stereocenters. The van der Waals surface area contributed by atoms with Gasteiger partial charge in [-0.25, -0.2) is 4.98 Å².